The number of benzene rings is 1. The molecule has 1 N–H and O–H groups in total. The fourth-order valence-corrected chi connectivity index (χ4v) is 3.65. The third kappa shape index (κ3) is 5.12. The lowest BCUT2D eigenvalue weighted by atomic mass is 10.0. The molecule has 0 bridgehead atoms. The van der Waals surface area contributed by atoms with E-state index < -0.39 is 0 Å². The van der Waals surface area contributed by atoms with Crippen LogP contribution in [0.4, 0.5) is 5.69 Å². The van der Waals surface area contributed by atoms with Gasteiger partial charge in [0, 0.05) is 30.2 Å². The van der Waals surface area contributed by atoms with Gasteiger partial charge in [0.15, 0.2) is 11.0 Å². The maximum absolute atomic E-state index is 12.7. The fraction of sp³-hybridized carbons (Fsp3) is 0.273. The number of nitrogens with one attached hydrogen (secondary N) is 1. The zero-order valence-corrected chi connectivity index (χ0v) is 17.7. The number of carbonyl (C=O) groups is 1. The van der Waals surface area contributed by atoms with Crippen LogP contribution in [0.2, 0.25) is 0 Å². The van der Waals surface area contributed by atoms with Crippen LogP contribution in [-0.2, 0) is 11.3 Å². The van der Waals surface area contributed by atoms with Gasteiger partial charge in [0.05, 0.1) is 5.25 Å². The number of nitrogens with zero attached hydrogens (tertiary/aromatic N) is 4. The molecule has 29 heavy (non-hydrogen) atoms. The molecule has 0 saturated carbocycles. The second-order valence-electron chi connectivity index (χ2n) is 6.97. The Morgan fingerprint density at radius 3 is 2.45 bits per heavy atom. The summed E-state index contributed by atoms with van der Waals surface area (Å²) in [4.78, 5) is 16.7. The van der Waals surface area contributed by atoms with Crippen molar-refractivity contribution < 1.29 is 4.79 Å². The molecule has 1 unspecified atom stereocenters. The molecule has 0 spiro atoms. The van der Waals surface area contributed by atoms with E-state index in [1.165, 1.54) is 17.3 Å². The number of rotatable bonds is 8. The summed E-state index contributed by atoms with van der Waals surface area (Å²) in [6, 6.07) is 11.7. The molecule has 7 heteroatoms. The lowest BCUT2D eigenvalue weighted by Crippen LogP contribution is -2.23. The molecule has 1 atom stereocenters. The minimum atomic E-state index is -0.335. The van der Waals surface area contributed by atoms with E-state index in [9.17, 15) is 4.79 Å². The third-order valence-corrected chi connectivity index (χ3v) is 5.54. The van der Waals surface area contributed by atoms with E-state index in [2.05, 4.69) is 40.9 Å². The van der Waals surface area contributed by atoms with Crippen molar-refractivity contribution in [3.05, 3.63) is 67.0 Å². The van der Waals surface area contributed by atoms with Gasteiger partial charge in [-0.25, -0.2) is 0 Å². The van der Waals surface area contributed by atoms with Gasteiger partial charge in [-0.3, -0.25) is 14.3 Å². The van der Waals surface area contributed by atoms with Crippen LogP contribution >= 0.6 is 11.8 Å². The van der Waals surface area contributed by atoms with E-state index >= 15 is 0 Å². The smallest absolute Gasteiger partial charge is 0.237 e. The first-order valence-corrected chi connectivity index (χ1v) is 10.4. The molecule has 3 rings (SSSR count). The quantitative estimate of drug-likeness (QED) is 0.430. The van der Waals surface area contributed by atoms with Crippen LogP contribution in [0, 0.1) is 0 Å². The summed E-state index contributed by atoms with van der Waals surface area (Å²) in [6.07, 6.45) is 5.23. The molecule has 0 radical (unpaired) electrons. The maximum atomic E-state index is 12.7. The van der Waals surface area contributed by atoms with Crippen molar-refractivity contribution in [2.24, 2.45) is 0 Å². The molecule has 6 nitrogen and oxygen atoms in total. The van der Waals surface area contributed by atoms with E-state index in [1.807, 2.05) is 47.9 Å². The number of pyridine rings is 1. The summed E-state index contributed by atoms with van der Waals surface area (Å²) < 4.78 is 1.95. The summed E-state index contributed by atoms with van der Waals surface area (Å²) in [6.45, 7) is 10.5. The van der Waals surface area contributed by atoms with E-state index in [0.717, 1.165) is 17.1 Å². The predicted octanol–water partition coefficient (Wildman–Crippen LogP) is 4.77. The first-order valence-electron chi connectivity index (χ1n) is 9.51. The molecule has 3 aromatic rings. The van der Waals surface area contributed by atoms with Crippen molar-refractivity contribution >= 4 is 23.4 Å². The van der Waals surface area contributed by atoms with Gasteiger partial charge in [-0.05, 0) is 42.7 Å². The average Bonchev–Trinajstić information content (AvgIpc) is 3.11. The minimum Gasteiger partial charge on any atom is -0.325 e. The van der Waals surface area contributed by atoms with Gasteiger partial charge >= 0.3 is 0 Å². The summed E-state index contributed by atoms with van der Waals surface area (Å²) in [5, 5.41) is 11.9. The van der Waals surface area contributed by atoms with Gasteiger partial charge in [-0.15, -0.1) is 16.8 Å². The summed E-state index contributed by atoms with van der Waals surface area (Å²) in [5.41, 5.74) is 2.95. The molecule has 2 aromatic heterocycles. The molecule has 0 saturated heterocycles. The summed E-state index contributed by atoms with van der Waals surface area (Å²) >= 11 is 1.37. The molecule has 1 amide bonds. The molecule has 1 aromatic carbocycles. The van der Waals surface area contributed by atoms with Gasteiger partial charge in [-0.1, -0.05) is 43.8 Å². The Labute approximate surface area is 175 Å². The van der Waals surface area contributed by atoms with Gasteiger partial charge in [-0.2, -0.15) is 0 Å². The van der Waals surface area contributed by atoms with Crippen LogP contribution < -0.4 is 5.32 Å². The first kappa shape index (κ1) is 20.8. The van der Waals surface area contributed by atoms with E-state index in [1.54, 1.807) is 18.5 Å². The summed E-state index contributed by atoms with van der Waals surface area (Å²) in [7, 11) is 0. The molecule has 0 aliphatic heterocycles. The van der Waals surface area contributed by atoms with E-state index in [0.29, 0.717) is 17.6 Å². The number of hydrogen-bond donors (Lipinski definition) is 1. The summed E-state index contributed by atoms with van der Waals surface area (Å²) in [5.74, 6) is 1.11. The SMILES string of the molecule is C=CCn1c(SC(C)C(=O)Nc2ccc(C(C)C)cc2)nnc1-c1ccncc1. The zero-order chi connectivity index (χ0) is 20.8. The van der Waals surface area contributed by atoms with Gasteiger partial charge < -0.3 is 5.32 Å². The number of hydrogen-bond acceptors (Lipinski definition) is 5. The highest BCUT2D eigenvalue weighted by Crippen LogP contribution is 2.27. The Kier molecular flexibility index (Phi) is 6.82. The lowest BCUT2D eigenvalue weighted by molar-refractivity contribution is -0.115. The van der Waals surface area contributed by atoms with Crippen molar-refractivity contribution in [3.8, 4) is 11.4 Å². The fourth-order valence-electron chi connectivity index (χ4n) is 2.79. The van der Waals surface area contributed by atoms with Gasteiger partial charge in [0.1, 0.15) is 0 Å². The van der Waals surface area contributed by atoms with Crippen molar-refractivity contribution in [1.82, 2.24) is 19.7 Å². The van der Waals surface area contributed by atoms with Gasteiger partial charge in [0.25, 0.3) is 0 Å². The topological polar surface area (TPSA) is 72.7 Å². The average molecular weight is 408 g/mol. The number of amides is 1. The minimum absolute atomic E-state index is 0.0779. The molecule has 150 valence electrons. The Morgan fingerprint density at radius 2 is 1.83 bits per heavy atom. The zero-order valence-electron chi connectivity index (χ0n) is 16.9. The monoisotopic (exact) mass is 407 g/mol. The van der Waals surface area contributed by atoms with Crippen LogP contribution in [0.3, 0.4) is 0 Å². The highest BCUT2D eigenvalue weighted by atomic mass is 32.2. The maximum Gasteiger partial charge on any atom is 0.237 e. The Hall–Kier alpha value is -2.93. The highest BCUT2D eigenvalue weighted by molar-refractivity contribution is 8.00. The molecule has 0 fully saturated rings. The Bertz CT molecular complexity index is 967. The second kappa shape index (κ2) is 9.52. The van der Waals surface area contributed by atoms with Crippen LogP contribution in [0.25, 0.3) is 11.4 Å². The lowest BCUT2D eigenvalue weighted by Gasteiger charge is -2.13. The number of carbonyl (C=O) groups excluding carboxylic acids is 1. The van der Waals surface area contributed by atoms with Crippen LogP contribution in [0.5, 0.6) is 0 Å². The number of thioether (sulfide) groups is 1. The standard InChI is InChI=1S/C22H25N5OS/c1-5-14-27-20(18-10-12-23-13-11-18)25-26-22(27)29-16(4)21(28)24-19-8-6-17(7-9-19)15(2)3/h5-13,15-16H,1,14H2,2-4H3,(H,24,28). The third-order valence-electron chi connectivity index (χ3n) is 4.46. The highest BCUT2D eigenvalue weighted by Gasteiger charge is 2.20. The van der Waals surface area contributed by atoms with Crippen molar-refractivity contribution in [1.29, 1.82) is 0 Å². The van der Waals surface area contributed by atoms with Crippen molar-refractivity contribution in [2.75, 3.05) is 5.32 Å². The van der Waals surface area contributed by atoms with Crippen LogP contribution in [0.1, 0.15) is 32.3 Å². The van der Waals surface area contributed by atoms with E-state index in [-0.39, 0.29) is 11.2 Å². The number of allylic oxidation sites excluding steroid dienone is 1. The second-order valence-corrected chi connectivity index (χ2v) is 8.28. The molecular weight excluding hydrogens is 382 g/mol. The van der Waals surface area contributed by atoms with Crippen molar-refractivity contribution in [3.63, 3.8) is 0 Å². The largest absolute Gasteiger partial charge is 0.325 e. The van der Waals surface area contributed by atoms with Crippen molar-refractivity contribution in [2.45, 2.75) is 43.6 Å². The molecule has 0 aliphatic rings. The predicted molar refractivity (Wildman–Crippen MR) is 118 cm³/mol. The normalized spacial score (nSPS) is 12.0. The van der Waals surface area contributed by atoms with Crippen LogP contribution in [0.15, 0.2) is 66.6 Å². The number of aromatic nitrogens is 4. The Morgan fingerprint density at radius 1 is 1.14 bits per heavy atom. The Balaban J connectivity index is 1.72. The molecular formula is C22H25N5OS. The molecule has 0 aliphatic carbocycles. The van der Waals surface area contributed by atoms with Crippen LogP contribution in [-0.4, -0.2) is 30.9 Å². The number of anilines is 1. The first-order chi connectivity index (χ1) is 14.0. The van der Waals surface area contributed by atoms with Gasteiger partial charge in [0.2, 0.25) is 5.91 Å². The molecule has 2 heterocycles. The van der Waals surface area contributed by atoms with E-state index in [4.69, 9.17) is 0 Å².